The SMILES string of the molecule is CC(C)(C)OC(=O)NCCn1cc(C#N)c2cc(-c3ccc(SN4CCC(Nc5ccc(C(F)(F)F)cn5)C(O)C4)cc3)cnc21. The van der Waals surface area contributed by atoms with Gasteiger partial charge in [0, 0.05) is 60.6 Å². The number of halogens is 3. The van der Waals surface area contributed by atoms with E-state index in [1.54, 1.807) is 33.2 Å². The Balaban J connectivity index is 1.17. The smallest absolute Gasteiger partial charge is 0.417 e. The van der Waals surface area contributed by atoms with E-state index >= 15 is 0 Å². The number of benzene rings is 1. The van der Waals surface area contributed by atoms with Crippen LogP contribution in [0.25, 0.3) is 22.2 Å². The minimum absolute atomic E-state index is 0.287. The highest BCUT2D eigenvalue weighted by Gasteiger charge is 2.32. The number of rotatable bonds is 8. The molecule has 1 aromatic carbocycles. The standard InChI is InChI=1S/C32H34F3N7O3S/c1-31(2,3)45-30(44)37-11-13-41-18-22(15-36)25-14-21(16-39-29(25)41)20-4-7-24(8-5-20)46-42-12-10-26(27(43)19-42)40-28-9-6-23(17-38-28)32(33,34)35/h4-9,14,16-18,26-27,43H,10-13,19H2,1-3H3,(H,37,44)(H,38,40). The molecule has 4 heterocycles. The van der Waals surface area contributed by atoms with E-state index in [0.29, 0.717) is 49.2 Å². The maximum Gasteiger partial charge on any atom is 0.417 e. The molecule has 0 bridgehead atoms. The monoisotopic (exact) mass is 653 g/mol. The highest BCUT2D eigenvalue weighted by atomic mass is 32.2. The largest absolute Gasteiger partial charge is 0.444 e. The van der Waals surface area contributed by atoms with Crippen molar-refractivity contribution in [3.8, 4) is 17.2 Å². The number of fused-ring (bicyclic) bond motifs is 1. The van der Waals surface area contributed by atoms with Crippen molar-refractivity contribution >= 4 is 34.9 Å². The summed E-state index contributed by atoms with van der Waals surface area (Å²) in [7, 11) is 0. The van der Waals surface area contributed by atoms with Gasteiger partial charge in [0.15, 0.2) is 0 Å². The van der Waals surface area contributed by atoms with Crippen molar-refractivity contribution in [1.29, 1.82) is 5.26 Å². The molecular weight excluding hydrogens is 619 g/mol. The zero-order valence-corrected chi connectivity index (χ0v) is 26.3. The molecule has 14 heteroatoms. The van der Waals surface area contributed by atoms with Crippen LogP contribution in [0.4, 0.5) is 23.8 Å². The number of anilines is 1. The molecule has 5 rings (SSSR count). The first kappa shape index (κ1) is 33.1. The predicted molar refractivity (Wildman–Crippen MR) is 169 cm³/mol. The lowest BCUT2D eigenvalue weighted by atomic mass is 10.0. The molecule has 3 N–H and O–H groups in total. The van der Waals surface area contributed by atoms with Gasteiger partial charge in [0.05, 0.1) is 23.3 Å². The summed E-state index contributed by atoms with van der Waals surface area (Å²) in [6.45, 7) is 7.14. The number of β-amino-alcohol motifs (C(OH)–C–C–N with tert-alkyl or cyclic N) is 1. The zero-order valence-electron chi connectivity index (χ0n) is 25.5. The second-order valence-corrected chi connectivity index (χ2v) is 13.1. The highest BCUT2D eigenvalue weighted by Crippen LogP contribution is 2.32. The summed E-state index contributed by atoms with van der Waals surface area (Å²) in [4.78, 5) is 21.4. The Bertz CT molecular complexity index is 1720. The number of alkyl halides is 3. The van der Waals surface area contributed by atoms with Gasteiger partial charge in [0.2, 0.25) is 0 Å². The number of nitrogens with one attached hydrogen (secondary N) is 2. The van der Waals surface area contributed by atoms with Crippen molar-refractivity contribution in [2.75, 3.05) is 25.0 Å². The van der Waals surface area contributed by atoms with E-state index in [9.17, 15) is 28.3 Å². The van der Waals surface area contributed by atoms with E-state index in [1.165, 1.54) is 18.0 Å². The predicted octanol–water partition coefficient (Wildman–Crippen LogP) is 6.07. The number of alkyl carbamates (subject to hydrolysis) is 1. The molecule has 0 saturated carbocycles. The molecule has 2 atom stereocenters. The van der Waals surface area contributed by atoms with Crippen LogP contribution < -0.4 is 10.6 Å². The maximum atomic E-state index is 12.8. The number of hydrogen-bond donors (Lipinski definition) is 3. The molecule has 1 aliphatic heterocycles. The fourth-order valence-corrected chi connectivity index (χ4v) is 6.01. The Hall–Kier alpha value is -4.32. The van der Waals surface area contributed by atoms with E-state index in [1.807, 2.05) is 39.2 Å². The third kappa shape index (κ3) is 8.28. The second-order valence-electron chi connectivity index (χ2n) is 11.9. The summed E-state index contributed by atoms with van der Waals surface area (Å²) >= 11 is 1.51. The van der Waals surface area contributed by atoms with Crippen LogP contribution in [0.15, 0.2) is 66.0 Å². The molecule has 242 valence electrons. The lowest BCUT2D eigenvalue weighted by Gasteiger charge is -2.35. The lowest BCUT2D eigenvalue weighted by Crippen LogP contribution is -2.47. The van der Waals surface area contributed by atoms with Crippen LogP contribution >= 0.6 is 11.9 Å². The van der Waals surface area contributed by atoms with E-state index in [2.05, 4.69) is 26.7 Å². The third-order valence-corrected chi connectivity index (χ3v) is 8.32. The summed E-state index contributed by atoms with van der Waals surface area (Å²) < 4.78 is 47.6. The van der Waals surface area contributed by atoms with Crippen molar-refractivity contribution in [3.63, 3.8) is 0 Å². The number of nitrogens with zero attached hydrogens (tertiary/aromatic N) is 5. The Morgan fingerprint density at radius 1 is 1.13 bits per heavy atom. The number of hydrogen-bond acceptors (Lipinski definition) is 9. The Kier molecular flexibility index (Phi) is 9.76. The second kappa shape index (κ2) is 13.6. The lowest BCUT2D eigenvalue weighted by molar-refractivity contribution is -0.137. The first-order valence-corrected chi connectivity index (χ1v) is 15.4. The van der Waals surface area contributed by atoms with Gasteiger partial charge >= 0.3 is 12.3 Å². The summed E-state index contributed by atoms with van der Waals surface area (Å²) in [6.07, 6.45) is -0.850. The number of aromatic nitrogens is 3. The zero-order chi connectivity index (χ0) is 33.1. The average molecular weight is 654 g/mol. The van der Waals surface area contributed by atoms with Crippen molar-refractivity contribution in [1.82, 2.24) is 24.2 Å². The number of aliphatic hydroxyl groups is 1. The van der Waals surface area contributed by atoms with E-state index in [-0.39, 0.29) is 11.9 Å². The van der Waals surface area contributed by atoms with Gasteiger partial charge in [-0.25, -0.2) is 19.1 Å². The number of piperidine rings is 1. The summed E-state index contributed by atoms with van der Waals surface area (Å²) in [5.41, 5.74) is 1.49. The van der Waals surface area contributed by atoms with Gasteiger partial charge in [-0.2, -0.15) is 18.4 Å². The number of carbonyl (C=O) groups is 1. The van der Waals surface area contributed by atoms with Crippen LogP contribution in [0.2, 0.25) is 0 Å². The molecule has 0 spiro atoms. The topological polar surface area (TPSA) is 128 Å². The molecule has 3 aromatic heterocycles. The van der Waals surface area contributed by atoms with Gasteiger partial charge in [-0.3, -0.25) is 0 Å². The van der Waals surface area contributed by atoms with Crippen LogP contribution in [0.3, 0.4) is 0 Å². The van der Waals surface area contributed by atoms with Crippen molar-refractivity contribution in [2.45, 2.75) is 62.6 Å². The van der Waals surface area contributed by atoms with E-state index < -0.39 is 29.5 Å². The Morgan fingerprint density at radius 3 is 2.52 bits per heavy atom. The third-order valence-electron chi connectivity index (χ3n) is 7.25. The van der Waals surface area contributed by atoms with Crippen LogP contribution in [0.5, 0.6) is 0 Å². The number of pyridine rings is 2. The van der Waals surface area contributed by atoms with Crippen molar-refractivity contribution < 1.29 is 27.8 Å². The molecule has 4 aromatic rings. The average Bonchev–Trinajstić information content (AvgIpc) is 3.35. The number of ether oxygens (including phenoxy) is 1. The van der Waals surface area contributed by atoms with Crippen LogP contribution in [0.1, 0.15) is 38.3 Å². The van der Waals surface area contributed by atoms with Gasteiger partial charge < -0.3 is 25.0 Å². The van der Waals surface area contributed by atoms with Crippen LogP contribution in [-0.2, 0) is 17.5 Å². The molecule has 1 saturated heterocycles. The molecule has 0 aliphatic carbocycles. The van der Waals surface area contributed by atoms with E-state index in [0.717, 1.165) is 28.3 Å². The molecule has 1 amide bonds. The maximum absolute atomic E-state index is 12.8. The van der Waals surface area contributed by atoms with Gasteiger partial charge in [0.25, 0.3) is 0 Å². The Labute approximate surface area is 268 Å². The molecule has 1 aliphatic rings. The minimum atomic E-state index is -4.45. The Morgan fingerprint density at radius 2 is 1.89 bits per heavy atom. The molecule has 0 radical (unpaired) electrons. The van der Waals surface area contributed by atoms with Gasteiger partial charge in [-0.1, -0.05) is 12.1 Å². The summed E-state index contributed by atoms with van der Waals surface area (Å²) in [5, 5.41) is 26.9. The normalized spacial score (nSPS) is 17.4. The number of amides is 1. The fourth-order valence-electron chi connectivity index (χ4n) is 5.03. The molecule has 46 heavy (non-hydrogen) atoms. The highest BCUT2D eigenvalue weighted by molar-refractivity contribution is 7.97. The first-order valence-electron chi connectivity index (χ1n) is 14.7. The molecule has 10 nitrogen and oxygen atoms in total. The van der Waals surface area contributed by atoms with Gasteiger partial charge in [-0.15, -0.1) is 0 Å². The molecule has 1 fully saturated rings. The fraction of sp³-hybridized carbons (Fsp3) is 0.375. The molecular formula is C32H34F3N7O3S. The van der Waals surface area contributed by atoms with Gasteiger partial charge in [0.1, 0.15) is 23.1 Å². The first-order chi connectivity index (χ1) is 21.8. The van der Waals surface area contributed by atoms with Crippen molar-refractivity contribution in [2.24, 2.45) is 0 Å². The summed E-state index contributed by atoms with van der Waals surface area (Å²) in [6, 6.07) is 14.0. The number of nitriles is 1. The van der Waals surface area contributed by atoms with Gasteiger partial charge in [-0.05, 0) is 75.0 Å². The van der Waals surface area contributed by atoms with Crippen molar-refractivity contribution in [3.05, 3.63) is 72.2 Å². The minimum Gasteiger partial charge on any atom is -0.444 e. The number of carbonyl (C=O) groups excluding carboxylic acids is 1. The van der Waals surface area contributed by atoms with E-state index in [4.69, 9.17) is 4.74 Å². The molecule has 2 unspecified atom stereocenters. The number of aliphatic hydroxyl groups excluding tert-OH is 1. The van der Waals surface area contributed by atoms with Crippen LogP contribution in [0, 0.1) is 11.3 Å². The summed E-state index contributed by atoms with van der Waals surface area (Å²) in [5.74, 6) is 0.287. The van der Waals surface area contributed by atoms with Crippen LogP contribution in [-0.4, -0.2) is 67.4 Å². The quantitative estimate of drug-likeness (QED) is 0.194.